The first-order chi connectivity index (χ1) is 11.3. The number of nitrogens with one attached hydrogen (secondary N) is 1. The van der Waals surface area contributed by atoms with Gasteiger partial charge in [-0.05, 0) is 39.8 Å². The van der Waals surface area contributed by atoms with Gasteiger partial charge < -0.3 is 14.4 Å². The van der Waals surface area contributed by atoms with Crippen molar-refractivity contribution in [3.8, 4) is 0 Å². The van der Waals surface area contributed by atoms with Gasteiger partial charge in [0.25, 0.3) is 0 Å². The van der Waals surface area contributed by atoms with E-state index < -0.39 is 5.60 Å². The number of aromatic nitrogens is 2. The average molecular weight is 335 g/mol. The number of esters is 1. The first kappa shape index (κ1) is 18.1. The van der Waals surface area contributed by atoms with E-state index in [1.165, 1.54) is 0 Å². The largest absolute Gasteiger partial charge is 0.460 e. The fraction of sp³-hybridized carbons (Fsp3) is 0.625. The zero-order valence-corrected chi connectivity index (χ0v) is 14.7. The van der Waals surface area contributed by atoms with E-state index in [0.717, 1.165) is 18.9 Å². The molecule has 0 radical (unpaired) electrons. The fourth-order valence-corrected chi connectivity index (χ4v) is 2.12. The minimum absolute atomic E-state index is 0.129. The van der Waals surface area contributed by atoms with E-state index in [2.05, 4.69) is 25.6 Å². The Hall–Kier alpha value is -2.22. The van der Waals surface area contributed by atoms with Gasteiger partial charge in [-0.15, -0.1) is 10.2 Å². The molecule has 24 heavy (non-hydrogen) atoms. The zero-order valence-electron chi connectivity index (χ0n) is 14.7. The highest BCUT2D eigenvalue weighted by atomic mass is 16.6. The number of morpholine rings is 1. The van der Waals surface area contributed by atoms with Crippen LogP contribution in [0.1, 0.15) is 34.1 Å². The van der Waals surface area contributed by atoms with Gasteiger partial charge in [-0.2, -0.15) is 5.10 Å². The van der Waals surface area contributed by atoms with E-state index in [1.807, 2.05) is 32.9 Å². The van der Waals surface area contributed by atoms with Gasteiger partial charge in [0.15, 0.2) is 11.6 Å². The summed E-state index contributed by atoms with van der Waals surface area (Å²) in [5.41, 5.74) is 2.93. The zero-order chi connectivity index (χ0) is 17.6. The number of carbonyl (C=O) groups is 1. The van der Waals surface area contributed by atoms with Gasteiger partial charge in [0.05, 0.1) is 19.6 Å². The van der Waals surface area contributed by atoms with Crippen LogP contribution >= 0.6 is 0 Å². The smallest absolute Gasteiger partial charge is 0.312 e. The summed E-state index contributed by atoms with van der Waals surface area (Å²) in [5, 5.41) is 12.4. The Morgan fingerprint density at radius 3 is 2.62 bits per heavy atom. The Morgan fingerprint density at radius 2 is 2.04 bits per heavy atom. The van der Waals surface area contributed by atoms with E-state index in [4.69, 9.17) is 9.47 Å². The summed E-state index contributed by atoms with van der Waals surface area (Å²) in [6, 6.07) is 3.70. The van der Waals surface area contributed by atoms with Crippen LogP contribution in [-0.4, -0.2) is 53.8 Å². The standard InChI is InChI=1S/C16H25N5O3/c1-12(11-15(22)24-16(2,3)4)17-18-13-5-6-14(20-19-13)21-7-9-23-10-8-21/h5-6H,7-11H2,1-4H3,(H,18,19)/b17-12-. The fourth-order valence-electron chi connectivity index (χ4n) is 2.12. The van der Waals surface area contributed by atoms with Crippen LogP contribution in [0, 0.1) is 0 Å². The normalized spacial score (nSPS) is 16.0. The maximum atomic E-state index is 11.7. The molecule has 1 aliphatic rings. The monoisotopic (exact) mass is 335 g/mol. The maximum Gasteiger partial charge on any atom is 0.312 e. The summed E-state index contributed by atoms with van der Waals surface area (Å²) >= 11 is 0. The molecule has 8 heteroatoms. The Balaban J connectivity index is 1.85. The van der Waals surface area contributed by atoms with Gasteiger partial charge in [-0.1, -0.05) is 0 Å². The minimum atomic E-state index is -0.494. The molecule has 1 saturated heterocycles. The minimum Gasteiger partial charge on any atom is -0.460 e. The molecule has 1 aromatic rings. The Morgan fingerprint density at radius 1 is 1.33 bits per heavy atom. The van der Waals surface area contributed by atoms with Crippen molar-refractivity contribution in [2.24, 2.45) is 5.10 Å². The van der Waals surface area contributed by atoms with Crippen LogP contribution in [0.2, 0.25) is 0 Å². The Kier molecular flexibility index (Phi) is 6.08. The number of anilines is 2. The second kappa shape index (κ2) is 8.05. The third-order valence-corrected chi connectivity index (χ3v) is 3.17. The van der Waals surface area contributed by atoms with Crippen LogP contribution in [0.4, 0.5) is 11.6 Å². The van der Waals surface area contributed by atoms with E-state index in [1.54, 1.807) is 6.92 Å². The lowest BCUT2D eigenvalue weighted by Gasteiger charge is -2.27. The molecule has 0 aromatic carbocycles. The van der Waals surface area contributed by atoms with Gasteiger partial charge in [0.2, 0.25) is 0 Å². The third kappa shape index (κ3) is 6.11. The maximum absolute atomic E-state index is 11.7. The summed E-state index contributed by atoms with van der Waals surface area (Å²) in [5.74, 6) is 1.04. The van der Waals surface area contributed by atoms with Crippen molar-refractivity contribution in [1.29, 1.82) is 0 Å². The van der Waals surface area contributed by atoms with E-state index in [-0.39, 0.29) is 12.4 Å². The topological polar surface area (TPSA) is 88.9 Å². The quantitative estimate of drug-likeness (QED) is 0.499. The number of carbonyl (C=O) groups excluding carboxylic acids is 1. The summed E-state index contributed by atoms with van der Waals surface area (Å²) in [6.07, 6.45) is 0.129. The lowest BCUT2D eigenvalue weighted by molar-refractivity contribution is -0.153. The molecule has 0 spiro atoms. The van der Waals surface area contributed by atoms with E-state index in [9.17, 15) is 4.79 Å². The molecule has 0 aliphatic carbocycles. The molecular formula is C16H25N5O3. The molecule has 0 atom stereocenters. The average Bonchev–Trinajstić information content (AvgIpc) is 2.52. The molecule has 1 fully saturated rings. The number of hydrazone groups is 1. The second-order valence-corrected chi connectivity index (χ2v) is 6.60. The SMILES string of the molecule is C/C(CC(=O)OC(C)(C)C)=N/Nc1ccc(N2CCOCC2)nn1. The van der Waals surface area contributed by atoms with Crippen molar-refractivity contribution in [3.63, 3.8) is 0 Å². The van der Waals surface area contributed by atoms with Crippen LogP contribution in [-0.2, 0) is 14.3 Å². The molecule has 132 valence electrons. The van der Waals surface area contributed by atoms with Crippen LogP contribution in [0.15, 0.2) is 17.2 Å². The number of nitrogens with zero attached hydrogens (tertiary/aromatic N) is 4. The van der Waals surface area contributed by atoms with Crippen molar-refractivity contribution in [3.05, 3.63) is 12.1 Å². The van der Waals surface area contributed by atoms with Gasteiger partial charge in [-0.3, -0.25) is 10.2 Å². The van der Waals surface area contributed by atoms with Gasteiger partial charge in [0.1, 0.15) is 5.60 Å². The Labute approximate surface area is 142 Å². The predicted molar refractivity (Wildman–Crippen MR) is 92.3 cm³/mol. The second-order valence-electron chi connectivity index (χ2n) is 6.60. The molecule has 1 N–H and O–H groups in total. The summed E-state index contributed by atoms with van der Waals surface area (Å²) in [7, 11) is 0. The molecule has 0 unspecified atom stereocenters. The molecule has 2 rings (SSSR count). The van der Waals surface area contributed by atoms with Crippen LogP contribution in [0.3, 0.4) is 0 Å². The lowest BCUT2D eigenvalue weighted by atomic mass is 10.2. The first-order valence-electron chi connectivity index (χ1n) is 8.01. The van der Waals surface area contributed by atoms with E-state index in [0.29, 0.717) is 24.7 Å². The molecular weight excluding hydrogens is 310 g/mol. The number of rotatable bonds is 5. The predicted octanol–water partition coefficient (Wildman–Crippen LogP) is 1.83. The summed E-state index contributed by atoms with van der Waals surface area (Å²) < 4.78 is 10.6. The highest BCUT2D eigenvalue weighted by molar-refractivity contribution is 5.97. The van der Waals surface area contributed by atoms with Crippen molar-refractivity contribution < 1.29 is 14.3 Å². The number of ether oxygens (including phenoxy) is 2. The van der Waals surface area contributed by atoms with Crippen molar-refractivity contribution in [2.45, 2.75) is 39.7 Å². The van der Waals surface area contributed by atoms with Crippen molar-refractivity contribution in [2.75, 3.05) is 36.6 Å². The van der Waals surface area contributed by atoms with Crippen molar-refractivity contribution >= 4 is 23.3 Å². The molecule has 0 amide bonds. The molecule has 2 heterocycles. The van der Waals surface area contributed by atoms with Crippen LogP contribution < -0.4 is 10.3 Å². The van der Waals surface area contributed by atoms with E-state index >= 15 is 0 Å². The summed E-state index contributed by atoms with van der Waals surface area (Å²) in [4.78, 5) is 13.8. The van der Waals surface area contributed by atoms with Gasteiger partial charge in [-0.25, -0.2) is 0 Å². The molecule has 1 aliphatic heterocycles. The third-order valence-electron chi connectivity index (χ3n) is 3.17. The van der Waals surface area contributed by atoms with Crippen molar-refractivity contribution in [1.82, 2.24) is 10.2 Å². The van der Waals surface area contributed by atoms with Gasteiger partial charge in [0, 0.05) is 18.8 Å². The molecule has 1 aromatic heterocycles. The lowest BCUT2D eigenvalue weighted by Crippen LogP contribution is -2.36. The number of hydrogen-bond acceptors (Lipinski definition) is 8. The van der Waals surface area contributed by atoms with Crippen LogP contribution in [0.25, 0.3) is 0 Å². The molecule has 0 saturated carbocycles. The first-order valence-corrected chi connectivity index (χ1v) is 8.01. The highest BCUT2D eigenvalue weighted by Gasteiger charge is 2.17. The molecule has 8 nitrogen and oxygen atoms in total. The molecule has 0 bridgehead atoms. The Bertz CT molecular complexity index is 574. The summed E-state index contributed by atoms with van der Waals surface area (Å²) in [6.45, 7) is 10.3. The van der Waals surface area contributed by atoms with Crippen LogP contribution in [0.5, 0.6) is 0 Å². The number of hydrogen-bond donors (Lipinski definition) is 1. The highest BCUT2D eigenvalue weighted by Crippen LogP contribution is 2.13. The van der Waals surface area contributed by atoms with Gasteiger partial charge >= 0.3 is 5.97 Å².